The van der Waals surface area contributed by atoms with Crippen LogP contribution < -0.4 is 15.4 Å². The standard InChI is InChI=1S/C36H46FN5O11S/c1-7-10-28(43)51-20(3)29(38-33(47)53-35(4,5)6)31(45)42-18-23(52-34(48)41-17-21-11-9-12-26(37)25(21)19-41)15-27(42)30(44)39-36(16-22(36)8-2)32(46)40-54(49,50)24-13-14-24/h7-12,20,22-24,27,29H,2,13-19H2,1,3-6H3,(H,38,47)(H,39,44)(H,40,46)/t20-,22-,23-,27+,29+,36-/m1/s1. The Morgan fingerprint density at radius 1 is 1.11 bits per heavy atom. The number of carbonyl (C=O) groups is 6. The maximum atomic E-state index is 14.4. The van der Waals surface area contributed by atoms with E-state index in [-0.39, 0.29) is 32.5 Å². The van der Waals surface area contributed by atoms with Gasteiger partial charge < -0.3 is 29.7 Å². The van der Waals surface area contributed by atoms with Crippen LogP contribution in [-0.2, 0) is 56.5 Å². The first kappa shape index (κ1) is 40.2. The first-order chi connectivity index (χ1) is 25.3. The fourth-order valence-corrected chi connectivity index (χ4v) is 7.90. The largest absolute Gasteiger partial charge is 0.457 e. The highest BCUT2D eigenvalue weighted by atomic mass is 32.2. The second-order valence-corrected chi connectivity index (χ2v) is 16.9. The van der Waals surface area contributed by atoms with Gasteiger partial charge in [0, 0.05) is 30.5 Å². The zero-order chi connectivity index (χ0) is 39.7. The Kier molecular flexibility index (Phi) is 11.5. The number of amides is 5. The molecule has 1 aromatic carbocycles. The van der Waals surface area contributed by atoms with E-state index < -0.39 is 98.3 Å². The van der Waals surface area contributed by atoms with Crippen LogP contribution in [0.5, 0.6) is 0 Å². The molecule has 1 aromatic rings. The molecule has 1 saturated heterocycles. The number of allylic oxidation sites excluding steroid dienone is 1. The van der Waals surface area contributed by atoms with E-state index in [9.17, 15) is 41.6 Å². The van der Waals surface area contributed by atoms with Gasteiger partial charge in [-0.25, -0.2) is 27.2 Å². The molecule has 5 rings (SSSR count). The molecule has 2 aliphatic carbocycles. The van der Waals surface area contributed by atoms with Crippen LogP contribution in [0.1, 0.15) is 71.4 Å². The Morgan fingerprint density at radius 3 is 2.41 bits per heavy atom. The fraction of sp³-hybridized carbons (Fsp3) is 0.556. The molecule has 0 aromatic heterocycles. The molecule has 2 saturated carbocycles. The molecule has 3 fully saturated rings. The molecule has 16 nitrogen and oxygen atoms in total. The van der Waals surface area contributed by atoms with Gasteiger partial charge in [-0.05, 0) is 65.5 Å². The number of likely N-dealkylation sites (tertiary alicyclic amines) is 1. The summed E-state index contributed by atoms with van der Waals surface area (Å²) in [7, 11) is -3.99. The molecule has 2 heterocycles. The van der Waals surface area contributed by atoms with E-state index in [1.54, 1.807) is 33.8 Å². The van der Waals surface area contributed by atoms with E-state index in [4.69, 9.17) is 14.2 Å². The lowest BCUT2D eigenvalue weighted by Gasteiger charge is -2.32. The molecule has 4 aliphatic rings. The van der Waals surface area contributed by atoms with Gasteiger partial charge in [-0.15, -0.1) is 6.58 Å². The number of ether oxygens (including phenoxy) is 3. The van der Waals surface area contributed by atoms with E-state index in [2.05, 4.69) is 21.9 Å². The van der Waals surface area contributed by atoms with Crippen molar-refractivity contribution in [1.82, 2.24) is 25.2 Å². The summed E-state index contributed by atoms with van der Waals surface area (Å²) >= 11 is 0. The Hall–Kier alpha value is -5.00. The number of alkyl carbamates (subject to hydrolysis) is 1. The van der Waals surface area contributed by atoms with Crippen LogP contribution in [0.2, 0.25) is 0 Å². The van der Waals surface area contributed by atoms with Gasteiger partial charge in [0.1, 0.15) is 41.2 Å². The number of esters is 1. The average molecular weight is 776 g/mol. The molecule has 0 bridgehead atoms. The van der Waals surface area contributed by atoms with Gasteiger partial charge in [-0.2, -0.15) is 0 Å². The van der Waals surface area contributed by atoms with E-state index >= 15 is 0 Å². The number of hydrogen-bond acceptors (Lipinski definition) is 11. The van der Waals surface area contributed by atoms with Crippen molar-refractivity contribution >= 4 is 45.9 Å². The average Bonchev–Trinajstić information content (AvgIpc) is 3.97. The number of nitrogens with one attached hydrogen (secondary N) is 3. The van der Waals surface area contributed by atoms with Gasteiger partial charge in [0.2, 0.25) is 21.8 Å². The third kappa shape index (κ3) is 9.02. The van der Waals surface area contributed by atoms with E-state index in [0.29, 0.717) is 24.0 Å². The van der Waals surface area contributed by atoms with E-state index in [1.165, 1.54) is 36.1 Å². The zero-order valence-corrected chi connectivity index (χ0v) is 31.6. The highest BCUT2D eigenvalue weighted by molar-refractivity contribution is 7.91. The van der Waals surface area contributed by atoms with Gasteiger partial charge in [0.05, 0.1) is 18.3 Å². The smallest absolute Gasteiger partial charge is 0.410 e. The molecule has 18 heteroatoms. The summed E-state index contributed by atoms with van der Waals surface area (Å²) in [6, 6.07) is 1.44. The summed E-state index contributed by atoms with van der Waals surface area (Å²) in [5, 5.41) is 4.35. The Labute approximate surface area is 312 Å². The predicted octanol–water partition coefficient (Wildman–Crippen LogP) is 2.32. The van der Waals surface area contributed by atoms with Gasteiger partial charge in [0.15, 0.2) is 0 Å². The number of hydrogen-bond donors (Lipinski definition) is 3. The van der Waals surface area contributed by atoms with Crippen molar-refractivity contribution in [3.8, 4) is 0 Å². The molecule has 0 radical (unpaired) electrons. The summed E-state index contributed by atoms with van der Waals surface area (Å²) < 4.78 is 58.3. The monoisotopic (exact) mass is 775 g/mol. The molecule has 5 amide bonds. The second-order valence-electron chi connectivity index (χ2n) is 14.9. The molecular weight excluding hydrogens is 729 g/mol. The SMILES string of the molecule is C=C[C@@H]1C[C@]1(NC(=O)[C@@H]1C[C@@H](OC(=O)N2Cc3cccc(F)c3C2)CN1C(=O)[C@@H](NC(=O)OC(C)(C)C)[C@@H](C)OC(=O)C=CC)C(=O)NS(=O)(=O)C1CC1. The Bertz CT molecular complexity index is 1860. The summed E-state index contributed by atoms with van der Waals surface area (Å²) in [5.41, 5.74) is -1.75. The number of fused-ring (bicyclic) bond motifs is 1. The predicted molar refractivity (Wildman–Crippen MR) is 189 cm³/mol. The van der Waals surface area contributed by atoms with Crippen LogP contribution in [0.25, 0.3) is 0 Å². The number of sulfonamides is 1. The highest BCUT2D eigenvalue weighted by Crippen LogP contribution is 2.45. The number of carbonyl (C=O) groups excluding carboxylic acids is 6. The number of nitrogens with zero attached hydrogens (tertiary/aromatic N) is 2. The highest BCUT2D eigenvalue weighted by Gasteiger charge is 2.62. The number of halogens is 1. The fourth-order valence-electron chi connectivity index (χ4n) is 6.54. The first-order valence-electron chi connectivity index (χ1n) is 17.6. The molecule has 0 spiro atoms. The summed E-state index contributed by atoms with van der Waals surface area (Å²) in [5.74, 6) is -4.69. The molecule has 54 heavy (non-hydrogen) atoms. The third-order valence-corrected chi connectivity index (χ3v) is 11.4. The van der Waals surface area contributed by atoms with Crippen LogP contribution in [0, 0.1) is 11.7 Å². The van der Waals surface area contributed by atoms with Gasteiger partial charge in [-0.1, -0.05) is 24.3 Å². The van der Waals surface area contributed by atoms with Crippen LogP contribution in [0.15, 0.2) is 43.0 Å². The minimum absolute atomic E-state index is 0.0280. The molecule has 2 aliphatic heterocycles. The van der Waals surface area contributed by atoms with Gasteiger partial charge in [-0.3, -0.25) is 24.0 Å². The lowest BCUT2D eigenvalue weighted by molar-refractivity contribution is -0.150. The van der Waals surface area contributed by atoms with Gasteiger partial charge in [0.25, 0.3) is 5.91 Å². The number of rotatable bonds is 12. The van der Waals surface area contributed by atoms with Crippen molar-refractivity contribution in [3.05, 3.63) is 60.0 Å². The maximum absolute atomic E-state index is 14.4. The lowest BCUT2D eigenvalue weighted by Crippen LogP contribution is -2.60. The van der Waals surface area contributed by atoms with Gasteiger partial charge >= 0.3 is 18.2 Å². The van der Waals surface area contributed by atoms with Crippen molar-refractivity contribution in [2.24, 2.45) is 5.92 Å². The molecule has 3 N–H and O–H groups in total. The minimum Gasteiger partial charge on any atom is -0.457 e. The topological polar surface area (TPSA) is 207 Å². The third-order valence-electron chi connectivity index (χ3n) is 9.56. The quantitative estimate of drug-likeness (QED) is 0.122. The van der Waals surface area contributed by atoms with Crippen molar-refractivity contribution in [2.75, 3.05) is 6.54 Å². The minimum atomic E-state index is -3.99. The van der Waals surface area contributed by atoms with Crippen molar-refractivity contribution in [2.45, 2.75) is 114 Å². The summed E-state index contributed by atoms with van der Waals surface area (Å²) in [6.07, 6.45) is 0.182. The van der Waals surface area contributed by atoms with Crippen molar-refractivity contribution in [1.29, 1.82) is 0 Å². The first-order valence-corrected chi connectivity index (χ1v) is 19.2. The van der Waals surface area contributed by atoms with E-state index in [0.717, 1.165) is 11.0 Å². The molecule has 6 atom stereocenters. The zero-order valence-electron chi connectivity index (χ0n) is 30.8. The lowest BCUT2D eigenvalue weighted by atomic mass is 10.1. The molecule has 294 valence electrons. The van der Waals surface area contributed by atoms with Crippen molar-refractivity contribution < 1.29 is 55.8 Å². The summed E-state index contributed by atoms with van der Waals surface area (Å²) in [4.78, 5) is 83.0. The van der Waals surface area contributed by atoms with Crippen LogP contribution in [0.4, 0.5) is 14.0 Å². The second kappa shape index (κ2) is 15.4. The Morgan fingerprint density at radius 2 is 1.81 bits per heavy atom. The van der Waals surface area contributed by atoms with Crippen LogP contribution in [0.3, 0.4) is 0 Å². The van der Waals surface area contributed by atoms with Crippen LogP contribution in [-0.4, -0.2) is 101 Å². The maximum Gasteiger partial charge on any atom is 0.410 e. The van der Waals surface area contributed by atoms with Crippen LogP contribution >= 0.6 is 0 Å². The Balaban J connectivity index is 1.41. The summed E-state index contributed by atoms with van der Waals surface area (Å²) in [6.45, 7) is 11.0. The molecule has 0 unspecified atom stereocenters. The van der Waals surface area contributed by atoms with E-state index in [1.807, 2.05) is 0 Å². The normalized spacial score (nSPS) is 24.5. The number of benzene rings is 1. The van der Waals surface area contributed by atoms with Crippen molar-refractivity contribution in [3.63, 3.8) is 0 Å². The molecular formula is C36H46FN5O11S.